The number of aromatic nitrogens is 3. The number of halogens is 1. The Kier molecular flexibility index (Phi) is 21.7. The van der Waals surface area contributed by atoms with Gasteiger partial charge in [0.1, 0.15) is 0 Å². The second kappa shape index (κ2) is 26.1. The molecule has 256 valence electrons. The summed E-state index contributed by atoms with van der Waals surface area (Å²) in [4.78, 5) is 24.4. The van der Waals surface area contributed by atoms with Gasteiger partial charge in [0, 0.05) is 11.4 Å². The van der Waals surface area contributed by atoms with Crippen LogP contribution in [0.2, 0.25) is 5.28 Å². The summed E-state index contributed by atoms with van der Waals surface area (Å²) in [5, 5.41) is 0.0457. The quantitative estimate of drug-likeness (QED) is 0.298. The van der Waals surface area contributed by atoms with Crippen LogP contribution in [0.25, 0.3) is 0 Å². The second-order valence-corrected chi connectivity index (χ2v) is 13.6. The second-order valence-electron chi connectivity index (χ2n) is 13.3. The lowest BCUT2D eigenvalue weighted by atomic mass is 10.0. The van der Waals surface area contributed by atoms with Gasteiger partial charge in [-0.2, -0.15) is 9.97 Å². The maximum Gasteiger partial charge on any atom is 0.350 e. The van der Waals surface area contributed by atoms with E-state index in [0.717, 1.165) is 49.9 Å². The lowest BCUT2D eigenvalue weighted by Crippen LogP contribution is -2.22. The Morgan fingerprint density at radius 1 is 0.400 bits per heavy atom. The highest BCUT2D eigenvalue weighted by Crippen LogP contribution is 2.19. The van der Waals surface area contributed by atoms with E-state index in [4.69, 9.17) is 21.3 Å². The summed E-state index contributed by atoms with van der Waals surface area (Å²) in [7, 11) is 0. The van der Waals surface area contributed by atoms with Gasteiger partial charge in [-0.05, 0) is 63.0 Å². The number of nitrogens with zero attached hydrogens (tertiary/aromatic N) is 3. The fourth-order valence-electron chi connectivity index (χ4n) is 6.38. The van der Waals surface area contributed by atoms with Crippen molar-refractivity contribution >= 4 is 11.6 Å². The highest BCUT2D eigenvalue weighted by molar-refractivity contribution is 6.28. The van der Waals surface area contributed by atoms with Crippen LogP contribution in [-0.4, -0.2) is 15.0 Å². The standard InChI is InChI=1S/C37H64ClN5O2/c38-35-39-36(44-42-33-29-25-21-17-13-9-5-1-2-6-10-14-18-22-26-30-33)41-37(40-35)45-43-34-31-27-23-19-15-11-7-3-4-8-12-16-20-24-28-32-34/h29,31,42-43H,1-28,30,32H2. The summed E-state index contributed by atoms with van der Waals surface area (Å²) in [6.07, 6.45) is 43.1. The average Bonchev–Trinajstić information content (AvgIpc) is 3.04. The Morgan fingerprint density at radius 3 is 1.02 bits per heavy atom. The molecule has 0 saturated carbocycles. The Labute approximate surface area is 280 Å². The summed E-state index contributed by atoms with van der Waals surface area (Å²) in [6, 6.07) is 0.220. The minimum atomic E-state index is 0.0457. The number of allylic oxidation sites excluding steroid dienone is 4. The third-order valence-corrected chi connectivity index (χ3v) is 9.36. The van der Waals surface area contributed by atoms with E-state index in [2.05, 4.69) is 38.1 Å². The van der Waals surface area contributed by atoms with Gasteiger partial charge in [0.05, 0.1) is 0 Å². The van der Waals surface area contributed by atoms with Gasteiger partial charge in [-0.15, -0.1) is 4.98 Å². The van der Waals surface area contributed by atoms with Gasteiger partial charge in [0.2, 0.25) is 5.28 Å². The zero-order chi connectivity index (χ0) is 31.5. The van der Waals surface area contributed by atoms with Gasteiger partial charge in [0.15, 0.2) is 0 Å². The van der Waals surface area contributed by atoms with Crippen LogP contribution in [0.3, 0.4) is 0 Å². The molecular weight excluding hydrogens is 582 g/mol. The van der Waals surface area contributed by atoms with Gasteiger partial charge in [-0.1, -0.05) is 153 Å². The van der Waals surface area contributed by atoms with Crippen molar-refractivity contribution in [1.82, 2.24) is 25.9 Å². The summed E-state index contributed by atoms with van der Waals surface area (Å²) < 4.78 is 0. The summed E-state index contributed by atoms with van der Waals surface area (Å²) in [5.74, 6) is 0. The van der Waals surface area contributed by atoms with Crippen LogP contribution in [0, 0.1) is 0 Å². The maximum atomic E-state index is 6.26. The number of hydrogen-bond donors (Lipinski definition) is 2. The molecule has 0 aromatic carbocycles. The smallest absolute Gasteiger partial charge is 0.340 e. The Morgan fingerprint density at radius 2 is 0.689 bits per heavy atom. The molecule has 0 atom stereocenters. The van der Waals surface area contributed by atoms with Crippen molar-refractivity contribution in [3.8, 4) is 12.0 Å². The minimum Gasteiger partial charge on any atom is -0.340 e. The maximum absolute atomic E-state index is 6.26. The van der Waals surface area contributed by atoms with Crippen LogP contribution in [0.5, 0.6) is 12.0 Å². The SMILES string of the molecule is Clc1nc(ONC2=CCCCCCCCCCCCCCCC2)nc(ONC2=CCCCCCCCCCCCCCCC2)n1. The van der Waals surface area contributed by atoms with Gasteiger partial charge in [-0.3, -0.25) is 0 Å². The summed E-state index contributed by atoms with van der Waals surface area (Å²) >= 11 is 6.26. The molecule has 1 aromatic rings. The molecule has 3 rings (SSSR count). The molecule has 1 aromatic heterocycles. The van der Waals surface area contributed by atoms with E-state index >= 15 is 0 Å². The predicted octanol–water partition coefficient (Wildman–Crippen LogP) is 11.8. The molecule has 45 heavy (non-hydrogen) atoms. The molecule has 0 unspecified atom stereocenters. The summed E-state index contributed by atoms with van der Waals surface area (Å²) in [5.41, 5.74) is 8.44. The highest BCUT2D eigenvalue weighted by atomic mass is 35.5. The van der Waals surface area contributed by atoms with Crippen molar-refractivity contribution in [2.24, 2.45) is 0 Å². The molecular formula is C37H64ClN5O2. The number of hydroxylamine groups is 2. The molecule has 2 aliphatic rings. The van der Waals surface area contributed by atoms with Gasteiger partial charge in [0.25, 0.3) is 0 Å². The van der Waals surface area contributed by atoms with Crippen LogP contribution in [0.1, 0.15) is 193 Å². The fraction of sp³-hybridized carbons (Fsp3) is 0.811. The molecule has 0 fully saturated rings. The van der Waals surface area contributed by atoms with Crippen molar-refractivity contribution in [3.63, 3.8) is 0 Å². The zero-order valence-electron chi connectivity index (χ0n) is 28.4. The number of rotatable bonds is 6. The number of hydrogen-bond acceptors (Lipinski definition) is 7. The van der Waals surface area contributed by atoms with Gasteiger partial charge < -0.3 is 9.68 Å². The van der Waals surface area contributed by atoms with Crippen molar-refractivity contribution in [2.45, 2.75) is 193 Å². The van der Waals surface area contributed by atoms with E-state index in [1.54, 1.807) is 0 Å². The molecule has 2 aliphatic carbocycles. The third-order valence-electron chi connectivity index (χ3n) is 9.20. The van der Waals surface area contributed by atoms with E-state index in [1.165, 1.54) is 154 Å². The van der Waals surface area contributed by atoms with E-state index in [0.29, 0.717) is 0 Å². The van der Waals surface area contributed by atoms with Crippen molar-refractivity contribution in [1.29, 1.82) is 0 Å². The average molecular weight is 646 g/mol. The predicted molar refractivity (Wildman–Crippen MR) is 187 cm³/mol. The molecule has 2 N–H and O–H groups in total. The fourth-order valence-corrected chi connectivity index (χ4v) is 6.52. The molecule has 8 heteroatoms. The van der Waals surface area contributed by atoms with Crippen molar-refractivity contribution in [3.05, 3.63) is 28.8 Å². The van der Waals surface area contributed by atoms with Crippen LogP contribution in [0.15, 0.2) is 23.5 Å². The van der Waals surface area contributed by atoms with Crippen molar-refractivity contribution in [2.75, 3.05) is 0 Å². The van der Waals surface area contributed by atoms with Crippen LogP contribution in [-0.2, 0) is 0 Å². The number of nitrogens with one attached hydrogen (secondary N) is 2. The minimum absolute atomic E-state index is 0.0457. The van der Waals surface area contributed by atoms with Crippen molar-refractivity contribution < 1.29 is 9.68 Å². The van der Waals surface area contributed by atoms with Crippen LogP contribution >= 0.6 is 11.6 Å². The largest absolute Gasteiger partial charge is 0.350 e. The first-order valence-corrected chi connectivity index (χ1v) is 19.3. The first-order chi connectivity index (χ1) is 22.3. The van der Waals surface area contributed by atoms with E-state index < -0.39 is 0 Å². The monoisotopic (exact) mass is 645 g/mol. The Hall–Kier alpha value is -2.02. The van der Waals surface area contributed by atoms with Gasteiger partial charge >= 0.3 is 12.0 Å². The normalized spacial score (nSPS) is 20.8. The molecule has 0 aliphatic heterocycles. The Bertz CT molecular complexity index is 871. The first-order valence-electron chi connectivity index (χ1n) is 18.9. The Balaban J connectivity index is 1.51. The lowest BCUT2D eigenvalue weighted by molar-refractivity contribution is 0.178. The van der Waals surface area contributed by atoms with E-state index in [9.17, 15) is 0 Å². The molecule has 0 spiro atoms. The topological polar surface area (TPSA) is 81.2 Å². The molecule has 0 radical (unpaired) electrons. The molecule has 7 nitrogen and oxygen atoms in total. The van der Waals surface area contributed by atoms with E-state index in [-0.39, 0.29) is 17.3 Å². The third kappa shape index (κ3) is 20.0. The van der Waals surface area contributed by atoms with Crippen LogP contribution < -0.4 is 20.6 Å². The first kappa shape index (κ1) is 37.4. The molecule has 1 heterocycles. The molecule has 0 saturated heterocycles. The lowest BCUT2D eigenvalue weighted by Gasteiger charge is -2.13. The van der Waals surface area contributed by atoms with E-state index in [1.807, 2.05) is 0 Å². The highest BCUT2D eigenvalue weighted by Gasteiger charge is 2.11. The molecule has 0 amide bonds. The van der Waals surface area contributed by atoms with Crippen LogP contribution in [0.4, 0.5) is 0 Å². The van der Waals surface area contributed by atoms with Gasteiger partial charge in [-0.25, -0.2) is 11.0 Å². The zero-order valence-corrected chi connectivity index (χ0v) is 29.2. The molecule has 0 bridgehead atoms. The summed E-state index contributed by atoms with van der Waals surface area (Å²) in [6.45, 7) is 0.